The lowest BCUT2D eigenvalue weighted by Gasteiger charge is -2.06. The molecule has 0 atom stereocenters. The highest BCUT2D eigenvalue weighted by Crippen LogP contribution is 2.18. The lowest BCUT2D eigenvalue weighted by molar-refractivity contribution is -0.148. The van der Waals surface area contributed by atoms with Crippen LogP contribution in [-0.4, -0.2) is 28.6 Å². The molecule has 2 heterocycles. The fourth-order valence-corrected chi connectivity index (χ4v) is 1.94. The van der Waals surface area contributed by atoms with Gasteiger partial charge in [-0.2, -0.15) is 0 Å². The highest BCUT2D eigenvalue weighted by Gasteiger charge is 2.13. The van der Waals surface area contributed by atoms with Crippen LogP contribution >= 0.6 is 0 Å². The van der Waals surface area contributed by atoms with Crippen LogP contribution in [0.25, 0.3) is 11.7 Å². The summed E-state index contributed by atoms with van der Waals surface area (Å²) in [4.78, 5) is 23.0. The third kappa shape index (κ3) is 4.31. The van der Waals surface area contributed by atoms with Crippen molar-refractivity contribution in [2.75, 3.05) is 6.61 Å². The maximum atomic E-state index is 11.7. The number of rotatable bonds is 7. The molecular weight excluding hydrogens is 328 g/mol. The Morgan fingerprint density at radius 1 is 1.16 bits per heavy atom. The number of carbonyl (C=O) groups is 2. The maximum Gasteiger partial charge on any atom is 0.344 e. The molecule has 0 saturated heterocycles. The monoisotopic (exact) mass is 342 g/mol. The van der Waals surface area contributed by atoms with Crippen LogP contribution in [-0.2, 0) is 16.1 Å². The SMILES string of the molecule is CC(=O)c1cccc(OCC(=O)OCc2nnc(-c3ccco3)o2)c1. The molecule has 0 bridgehead atoms. The minimum Gasteiger partial charge on any atom is -0.482 e. The van der Waals surface area contributed by atoms with Crippen molar-refractivity contribution in [2.45, 2.75) is 13.5 Å². The van der Waals surface area contributed by atoms with Gasteiger partial charge in [-0.3, -0.25) is 4.79 Å². The van der Waals surface area contributed by atoms with Gasteiger partial charge in [0.05, 0.1) is 6.26 Å². The Labute approximate surface area is 142 Å². The Balaban J connectivity index is 1.48. The molecule has 0 N–H and O–H groups in total. The van der Waals surface area contributed by atoms with E-state index in [0.29, 0.717) is 17.1 Å². The summed E-state index contributed by atoms with van der Waals surface area (Å²) in [7, 11) is 0. The molecule has 3 rings (SSSR count). The van der Waals surface area contributed by atoms with Crippen LogP contribution in [0.4, 0.5) is 0 Å². The van der Waals surface area contributed by atoms with Crippen molar-refractivity contribution in [3.63, 3.8) is 0 Å². The molecule has 0 aliphatic heterocycles. The Morgan fingerprint density at radius 3 is 2.80 bits per heavy atom. The molecular formula is C17H14N2O6. The third-order valence-electron chi connectivity index (χ3n) is 3.15. The minimum absolute atomic E-state index is 0.0863. The molecule has 3 aromatic rings. The fourth-order valence-electron chi connectivity index (χ4n) is 1.94. The second kappa shape index (κ2) is 7.43. The zero-order chi connectivity index (χ0) is 17.6. The number of ketones is 1. The number of Topliss-reactive ketones (excluding diaryl/α,β-unsaturated/α-hetero) is 1. The lowest BCUT2D eigenvalue weighted by atomic mass is 10.1. The van der Waals surface area contributed by atoms with Crippen LogP contribution < -0.4 is 4.74 Å². The van der Waals surface area contributed by atoms with Crippen molar-refractivity contribution in [1.82, 2.24) is 10.2 Å². The summed E-state index contributed by atoms with van der Waals surface area (Å²) < 4.78 is 20.7. The largest absolute Gasteiger partial charge is 0.482 e. The third-order valence-corrected chi connectivity index (χ3v) is 3.15. The van der Waals surface area contributed by atoms with Crippen LogP contribution in [0.3, 0.4) is 0 Å². The molecule has 1 aromatic carbocycles. The number of carbonyl (C=O) groups excluding carboxylic acids is 2. The van der Waals surface area contributed by atoms with Gasteiger partial charge < -0.3 is 18.3 Å². The first kappa shape index (κ1) is 16.4. The first-order valence-electron chi connectivity index (χ1n) is 7.37. The molecule has 0 fully saturated rings. The summed E-state index contributed by atoms with van der Waals surface area (Å²) in [5.41, 5.74) is 0.502. The summed E-state index contributed by atoms with van der Waals surface area (Å²) in [5, 5.41) is 7.55. The molecule has 0 spiro atoms. The van der Waals surface area contributed by atoms with E-state index >= 15 is 0 Å². The lowest BCUT2D eigenvalue weighted by Crippen LogP contribution is -2.15. The zero-order valence-electron chi connectivity index (χ0n) is 13.3. The Hall–Kier alpha value is -3.42. The summed E-state index contributed by atoms with van der Waals surface area (Å²) in [6.07, 6.45) is 1.48. The standard InChI is InChI=1S/C17H14N2O6/c1-11(20)12-4-2-5-13(8-12)23-10-16(21)24-9-15-18-19-17(25-15)14-6-3-7-22-14/h2-8H,9-10H2,1H3. The fraction of sp³-hybridized carbons (Fsp3) is 0.176. The summed E-state index contributed by atoms with van der Waals surface area (Å²) >= 11 is 0. The zero-order valence-corrected chi connectivity index (χ0v) is 13.3. The van der Waals surface area contributed by atoms with Gasteiger partial charge in [-0.15, -0.1) is 10.2 Å². The van der Waals surface area contributed by atoms with Gasteiger partial charge in [-0.1, -0.05) is 12.1 Å². The number of furan rings is 1. The number of hydrogen-bond donors (Lipinski definition) is 0. The first-order chi connectivity index (χ1) is 12.1. The minimum atomic E-state index is -0.606. The Kier molecular flexibility index (Phi) is 4.89. The van der Waals surface area contributed by atoms with Gasteiger partial charge in [0.25, 0.3) is 11.8 Å². The number of benzene rings is 1. The molecule has 25 heavy (non-hydrogen) atoms. The van der Waals surface area contributed by atoms with E-state index in [0.717, 1.165) is 0 Å². The quantitative estimate of drug-likeness (QED) is 0.477. The van der Waals surface area contributed by atoms with Gasteiger partial charge in [0.2, 0.25) is 0 Å². The second-order valence-corrected chi connectivity index (χ2v) is 5.01. The average molecular weight is 342 g/mol. The Bertz CT molecular complexity index is 869. The molecule has 0 saturated carbocycles. The average Bonchev–Trinajstić information content (AvgIpc) is 3.29. The highest BCUT2D eigenvalue weighted by atomic mass is 16.6. The smallest absolute Gasteiger partial charge is 0.344 e. The van der Waals surface area contributed by atoms with E-state index < -0.39 is 5.97 Å². The topological polar surface area (TPSA) is 105 Å². The van der Waals surface area contributed by atoms with Crippen LogP contribution in [0.15, 0.2) is 51.5 Å². The number of nitrogens with zero attached hydrogens (tertiary/aromatic N) is 2. The van der Waals surface area contributed by atoms with Gasteiger partial charge in [-0.05, 0) is 31.2 Å². The van der Waals surface area contributed by atoms with Crippen LogP contribution in [0, 0.1) is 0 Å². The molecule has 0 unspecified atom stereocenters. The summed E-state index contributed by atoms with van der Waals surface area (Å²) in [6, 6.07) is 9.91. The van der Waals surface area contributed by atoms with E-state index in [1.54, 1.807) is 36.4 Å². The molecule has 0 amide bonds. The number of hydrogen-bond acceptors (Lipinski definition) is 8. The van der Waals surface area contributed by atoms with Gasteiger partial charge in [0, 0.05) is 5.56 Å². The summed E-state index contributed by atoms with van der Waals surface area (Å²) in [5.74, 6) is 0.482. The second-order valence-electron chi connectivity index (χ2n) is 5.01. The van der Waals surface area contributed by atoms with E-state index in [2.05, 4.69) is 10.2 Å². The number of aromatic nitrogens is 2. The van der Waals surface area contributed by atoms with Crippen molar-refractivity contribution in [2.24, 2.45) is 0 Å². The number of esters is 1. The predicted octanol–water partition coefficient (Wildman–Crippen LogP) is 2.65. The molecule has 8 heteroatoms. The van der Waals surface area contributed by atoms with E-state index in [1.165, 1.54) is 13.2 Å². The molecule has 0 aliphatic carbocycles. The van der Waals surface area contributed by atoms with Crippen LogP contribution in [0.2, 0.25) is 0 Å². The van der Waals surface area contributed by atoms with Gasteiger partial charge in [0.1, 0.15) is 5.75 Å². The van der Waals surface area contributed by atoms with E-state index in [4.69, 9.17) is 18.3 Å². The number of ether oxygens (including phenoxy) is 2. The van der Waals surface area contributed by atoms with E-state index in [9.17, 15) is 9.59 Å². The van der Waals surface area contributed by atoms with Crippen molar-refractivity contribution in [3.05, 3.63) is 54.1 Å². The normalized spacial score (nSPS) is 10.4. The summed E-state index contributed by atoms with van der Waals surface area (Å²) in [6.45, 7) is 0.971. The molecule has 0 aliphatic rings. The maximum absolute atomic E-state index is 11.7. The van der Waals surface area contributed by atoms with E-state index in [-0.39, 0.29) is 30.8 Å². The van der Waals surface area contributed by atoms with Crippen LogP contribution in [0.1, 0.15) is 23.2 Å². The molecule has 8 nitrogen and oxygen atoms in total. The van der Waals surface area contributed by atoms with Crippen molar-refractivity contribution in [1.29, 1.82) is 0 Å². The van der Waals surface area contributed by atoms with Gasteiger partial charge in [0.15, 0.2) is 24.8 Å². The van der Waals surface area contributed by atoms with Crippen LogP contribution in [0.5, 0.6) is 5.75 Å². The van der Waals surface area contributed by atoms with Crippen molar-refractivity contribution < 1.29 is 27.9 Å². The molecule has 0 radical (unpaired) electrons. The Morgan fingerprint density at radius 2 is 2.04 bits per heavy atom. The first-order valence-corrected chi connectivity index (χ1v) is 7.37. The van der Waals surface area contributed by atoms with E-state index in [1.807, 2.05) is 0 Å². The molecule has 128 valence electrons. The highest BCUT2D eigenvalue weighted by molar-refractivity contribution is 5.94. The predicted molar refractivity (Wildman–Crippen MR) is 83.7 cm³/mol. The van der Waals surface area contributed by atoms with Crippen molar-refractivity contribution in [3.8, 4) is 17.4 Å². The van der Waals surface area contributed by atoms with Gasteiger partial charge >= 0.3 is 5.97 Å². The van der Waals surface area contributed by atoms with Crippen molar-refractivity contribution >= 4 is 11.8 Å². The van der Waals surface area contributed by atoms with Gasteiger partial charge in [-0.25, -0.2) is 4.79 Å². The molecule has 2 aromatic heterocycles.